The molecule has 4 heterocycles. The normalized spacial score (nSPS) is 11.4. The van der Waals surface area contributed by atoms with Gasteiger partial charge in [0.2, 0.25) is 11.5 Å². The van der Waals surface area contributed by atoms with Crippen LogP contribution in [0.25, 0.3) is 44.9 Å². The fourth-order valence-electron chi connectivity index (χ4n) is 5.04. The highest BCUT2D eigenvalue weighted by molar-refractivity contribution is 5.81. The first kappa shape index (κ1) is 25.3. The predicted molar refractivity (Wildman–Crippen MR) is 151 cm³/mol. The molecule has 0 aliphatic heterocycles. The summed E-state index contributed by atoms with van der Waals surface area (Å²) in [7, 11) is 0. The van der Waals surface area contributed by atoms with Crippen molar-refractivity contribution < 1.29 is 9.84 Å². The zero-order valence-corrected chi connectivity index (χ0v) is 22.2. The zero-order chi connectivity index (χ0) is 27.6. The Kier molecular flexibility index (Phi) is 6.75. The summed E-state index contributed by atoms with van der Waals surface area (Å²) in [5, 5.41) is 37.5. The summed E-state index contributed by atoms with van der Waals surface area (Å²) >= 11 is 0. The van der Waals surface area contributed by atoms with Crippen molar-refractivity contribution in [3.63, 3.8) is 0 Å². The Morgan fingerprint density at radius 3 is 2.48 bits per heavy atom. The van der Waals surface area contributed by atoms with E-state index in [0.29, 0.717) is 46.2 Å². The van der Waals surface area contributed by atoms with Crippen molar-refractivity contribution in [1.29, 1.82) is 0 Å². The molecule has 0 aliphatic rings. The highest BCUT2D eigenvalue weighted by Crippen LogP contribution is 2.31. The average molecular weight is 533 g/mol. The standard InChI is InChI=1S/C30H28N8O2/c1-3-7-28-31-25-16-24(27-11-6-8-19(2)38(27)40)26(18-39)32-30(25)37(28)17-20-12-14-21(15-13-20)22-9-4-5-10-23(22)29-33-35-36-34-29/h4-6,8-16,39H,3,7,17-18H2,1-2H3,(H,33,34,35,36). The number of aliphatic hydroxyl groups is 1. The van der Waals surface area contributed by atoms with Crippen LogP contribution >= 0.6 is 0 Å². The third-order valence-electron chi connectivity index (χ3n) is 7.03. The van der Waals surface area contributed by atoms with Gasteiger partial charge in [-0.1, -0.05) is 55.5 Å². The lowest BCUT2D eigenvalue weighted by Crippen LogP contribution is -2.32. The van der Waals surface area contributed by atoms with E-state index in [4.69, 9.17) is 9.97 Å². The number of nitrogens with zero attached hydrogens (tertiary/aromatic N) is 7. The number of aromatic amines is 1. The molecule has 2 aromatic carbocycles. The second-order valence-electron chi connectivity index (χ2n) is 9.67. The quantitative estimate of drug-likeness (QED) is 0.220. The molecule has 0 unspecified atom stereocenters. The Hall–Kier alpha value is -4.96. The van der Waals surface area contributed by atoms with E-state index in [9.17, 15) is 10.3 Å². The van der Waals surface area contributed by atoms with Crippen LogP contribution in [0.3, 0.4) is 0 Å². The lowest BCUT2D eigenvalue weighted by molar-refractivity contribution is -0.600. The highest BCUT2D eigenvalue weighted by Gasteiger charge is 2.21. The van der Waals surface area contributed by atoms with Crippen LogP contribution in [-0.2, 0) is 19.6 Å². The minimum absolute atomic E-state index is 0.290. The van der Waals surface area contributed by atoms with Crippen molar-refractivity contribution in [1.82, 2.24) is 35.2 Å². The molecule has 0 radical (unpaired) electrons. The number of benzene rings is 2. The third kappa shape index (κ3) is 4.58. The van der Waals surface area contributed by atoms with Crippen molar-refractivity contribution in [2.75, 3.05) is 0 Å². The number of rotatable bonds is 8. The molecule has 0 saturated carbocycles. The van der Waals surface area contributed by atoms with Crippen molar-refractivity contribution in [3.8, 4) is 33.8 Å². The average Bonchev–Trinajstić information content (AvgIpc) is 3.63. The van der Waals surface area contributed by atoms with Gasteiger partial charge in [0.15, 0.2) is 11.3 Å². The van der Waals surface area contributed by atoms with E-state index in [1.807, 2.05) is 36.4 Å². The molecule has 0 fully saturated rings. The maximum Gasteiger partial charge on any atom is 0.225 e. The van der Waals surface area contributed by atoms with Gasteiger partial charge in [0.25, 0.3) is 0 Å². The summed E-state index contributed by atoms with van der Waals surface area (Å²) in [6.07, 6.45) is 1.70. The molecular weight excluding hydrogens is 504 g/mol. The molecule has 0 bridgehead atoms. The predicted octanol–water partition coefficient (Wildman–Crippen LogP) is 4.38. The summed E-state index contributed by atoms with van der Waals surface area (Å²) in [5.41, 5.74) is 7.49. The zero-order valence-electron chi connectivity index (χ0n) is 22.2. The summed E-state index contributed by atoms with van der Waals surface area (Å²) < 4.78 is 2.97. The molecule has 200 valence electrons. The first-order valence-electron chi connectivity index (χ1n) is 13.2. The Bertz CT molecular complexity index is 1790. The number of imidazole rings is 1. The second kappa shape index (κ2) is 10.7. The topological polar surface area (TPSA) is 132 Å². The third-order valence-corrected chi connectivity index (χ3v) is 7.03. The van der Waals surface area contributed by atoms with Crippen LogP contribution in [0, 0.1) is 12.1 Å². The van der Waals surface area contributed by atoms with Gasteiger partial charge in [0.1, 0.15) is 11.3 Å². The minimum Gasteiger partial charge on any atom is -0.618 e. The van der Waals surface area contributed by atoms with E-state index in [2.05, 4.69) is 56.4 Å². The number of tetrazole rings is 1. The number of nitrogens with one attached hydrogen (secondary N) is 1. The second-order valence-corrected chi connectivity index (χ2v) is 9.67. The molecule has 0 spiro atoms. The lowest BCUT2D eigenvalue weighted by Gasteiger charge is -2.12. The maximum absolute atomic E-state index is 12.8. The Morgan fingerprint density at radius 1 is 0.950 bits per heavy atom. The Morgan fingerprint density at radius 2 is 1.75 bits per heavy atom. The van der Waals surface area contributed by atoms with Crippen LogP contribution in [0.1, 0.15) is 36.1 Å². The molecule has 40 heavy (non-hydrogen) atoms. The van der Waals surface area contributed by atoms with Gasteiger partial charge < -0.3 is 14.9 Å². The Labute approximate surface area is 230 Å². The molecule has 0 amide bonds. The van der Waals surface area contributed by atoms with E-state index < -0.39 is 0 Å². The summed E-state index contributed by atoms with van der Waals surface area (Å²) in [6.45, 7) is 4.15. The molecule has 0 aliphatic carbocycles. The monoisotopic (exact) mass is 532 g/mol. The van der Waals surface area contributed by atoms with Crippen LogP contribution in [0.5, 0.6) is 0 Å². The lowest BCUT2D eigenvalue weighted by atomic mass is 9.98. The number of pyridine rings is 2. The first-order chi connectivity index (χ1) is 19.6. The van der Waals surface area contributed by atoms with Crippen LogP contribution in [-0.4, -0.2) is 40.3 Å². The van der Waals surface area contributed by atoms with Crippen molar-refractivity contribution in [3.05, 3.63) is 101 Å². The molecule has 6 aromatic rings. The highest BCUT2D eigenvalue weighted by atomic mass is 16.5. The molecule has 10 heteroatoms. The van der Waals surface area contributed by atoms with E-state index in [1.165, 1.54) is 0 Å². The number of aliphatic hydroxyl groups excluding tert-OH is 1. The summed E-state index contributed by atoms with van der Waals surface area (Å²) in [6, 6.07) is 23.5. The summed E-state index contributed by atoms with van der Waals surface area (Å²) in [5.74, 6) is 1.46. The number of H-pyrrole nitrogens is 1. The van der Waals surface area contributed by atoms with Gasteiger partial charge in [-0.25, -0.2) is 9.97 Å². The van der Waals surface area contributed by atoms with Crippen LogP contribution in [0.2, 0.25) is 0 Å². The molecule has 4 aromatic heterocycles. The van der Waals surface area contributed by atoms with E-state index in [1.54, 1.807) is 19.1 Å². The first-order valence-corrected chi connectivity index (χ1v) is 13.2. The van der Waals surface area contributed by atoms with Gasteiger partial charge in [0, 0.05) is 31.0 Å². The van der Waals surface area contributed by atoms with Gasteiger partial charge >= 0.3 is 0 Å². The van der Waals surface area contributed by atoms with E-state index >= 15 is 0 Å². The van der Waals surface area contributed by atoms with Crippen LogP contribution < -0.4 is 4.73 Å². The van der Waals surface area contributed by atoms with Gasteiger partial charge in [-0.15, -0.1) is 10.2 Å². The molecule has 10 nitrogen and oxygen atoms in total. The molecule has 0 atom stereocenters. The fraction of sp³-hybridized carbons (Fsp3) is 0.200. The van der Waals surface area contributed by atoms with Gasteiger partial charge in [-0.2, -0.15) is 9.94 Å². The SMILES string of the molecule is CCCc1nc2cc(-c3cccc(C)[n+]3[O-])c(CO)nc2n1Cc1ccc(-c2ccccc2-c2nn[nH]n2)cc1. The fourth-order valence-corrected chi connectivity index (χ4v) is 5.04. The van der Waals surface area contributed by atoms with Gasteiger partial charge in [-0.3, -0.25) is 0 Å². The van der Waals surface area contributed by atoms with Crippen LogP contribution in [0.15, 0.2) is 72.8 Å². The van der Waals surface area contributed by atoms with E-state index in [0.717, 1.165) is 45.7 Å². The van der Waals surface area contributed by atoms with Crippen molar-refractivity contribution in [2.45, 2.75) is 39.8 Å². The maximum atomic E-state index is 12.8. The van der Waals surface area contributed by atoms with Gasteiger partial charge in [0.05, 0.1) is 24.4 Å². The molecule has 0 saturated heterocycles. The number of fused-ring (bicyclic) bond motifs is 1. The number of aromatic nitrogens is 8. The van der Waals surface area contributed by atoms with Crippen molar-refractivity contribution >= 4 is 11.2 Å². The largest absolute Gasteiger partial charge is 0.618 e. The smallest absolute Gasteiger partial charge is 0.225 e. The number of aryl methyl sites for hydroxylation is 2. The summed E-state index contributed by atoms with van der Waals surface area (Å²) in [4.78, 5) is 9.72. The van der Waals surface area contributed by atoms with E-state index in [-0.39, 0.29) is 6.61 Å². The molecule has 2 N–H and O–H groups in total. The van der Waals surface area contributed by atoms with Gasteiger partial charge in [-0.05, 0) is 40.5 Å². The molecular formula is C30H28N8O2. The Balaban J connectivity index is 1.38. The van der Waals surface area contributed by atoms with Crippen LogP contribution in [0.4, 0.5) is 0 Å². The number of hydrogen-bond donors (Lipinski definition) is 2. The minimum atomic E-state index is -0.290. The van der Waals surface area contributed by atoms with Crippen molar-refractivity contribution in [2.24, 2.45) is 0 Å². The number of hydrogen-bond acceptors (Lipinski definition) is 7. The molecule has 6 rings (SSSR count).